The first kappa shape index (κ1) is 10.7. The Morgan fingerprint density at radius 2 is 2.08 bits per heavy atom. The van der Waals surface area contributed by atoms with Crippen LogP contribution in [0.5, 0.6) is 0 Å². The van der Waals surface area contributed by atoms with E-state index < -0.39 is 0 Å². The molecule has 3 atom stereocenters. The Balaban J connectivity index is 2.30. The Morgan fingerprint density at radius 3 is 2.75 bits per heavy atom. The van der Waals surface area contributed by atoms with E-state index in [4.69, 9.17) is 0 Å². The van der Waals surface area contributed by atoms with Crippen LogP contribution < -0.4 is 0 Å². The van der Waals surface area contributed by atoms with Crippen molar-refractivity contribution in [1.29, 1.82) is 0 Å². The van der Waals surface area contributed by atoms with Crippen LogP contribution in [0, 0.1) is 11.8 Å². The third-order valence-corrected chi connectivity index (χ3v) is 3.80. The summed E-state index contributed by atoms with van der Waals surface area (Å²) < 4.78 is 0.991. The zero-order valence-corrected chi connectivity index (χ0v) is 8.97. The molecule has 0 amide bonds. The predicted molar refractivity (Wildman–Crippen MR) is 55.5 cm³/mol. The number of rotatable bonds is 3. The van der Waals surface area contributed by atoms with Crippen LogP contribution >= 0.6 is 0 Å². The Morgan fingerprint density at radius 1 is 1.33 bits per heavy atom. The molecule has 0 heterocycles. The van der Waals surface area contributed by atoms with E-state index in [0.29, 0.717) is 0 Å². The van der Waals surface area contributed by atoms with Gasteiger partial charge in [-0.15, -0.1) is 0 Å². The van der Waals surface area contributed by atoms with Crippen LogP contribution in [0.15, 0.2) is 0 Å². The molecule has 3 unspecified atom stereocenters. The van der Waals surface area contributed by atoms with Crippen molar-refractivity contribution in [1.82, 2.24) is 0 Å². The average molecular weight is 160 g/mol. The van der Waals surface area contributed by atoms with Crippen molar-refractivity contribution in [2.24, 2.45) is 11.8 Å². The van der Waals surface area contributed by atoms with E-state index in [0.717, 1.165) is 16.4 Å². The van der Waals surface area contributed by atoms with E-state index in [1.807, 2.05) is 0 Å². The van der Waals surface area contributed by atoms with Crippen molar-refractivity contribution in [3.63, 3.8) is 0 Å². The van der Waals surface area contributed by atoms with Gasteiger partial charge >= 0.3 is 86.5 Å². The molecule has 0 bridgehead atoms. The first-order valence-electron chi connectivity index (χ1n) is 5.75. The summed E-state index contributed by atoms with van der Waals surface area (Å²) >= 11 is 2.46. The minimum absolute atomic E-state index is 0.987. The van der Waals surface area contributed by atoms with Crippen LogP contribution in [0.2, 0.25) is 4.59 Å². The Kier molecular flexibility index (Phi) is 4.76. The maximum atomic E-state index is 2.46. The van der Waals surface area contributed by atoms with E-state index in [9.17, 15) is 0 Å². The van der Waals surface area contributed by atoms with Gasteiger partial charge in [-0.2, -0.15) is 0 Å². The van der Waals surface area contributed by atoms with Crippen LogP contribution in [0.4, 0.5) is 0 Å². The molecular weight excluding hydrogens is 139 g/mol. The summed E-state index contributed by atoms with van der Waals surface area (Å²) in [6.45, 7) is 4.74. The van der Waals surface area contributed by atoms with Gasteiger partial charge in [0.05, 0.1) is 0 Å². The maximum absolute atomic E-state index is 2.46. The van der Waals surface area contributed by atoms with E-state index in [-0.39, 0.29) is 0 Å². The number of unbranched alkanes of at least 4 members (excludes halogenated alkanes) is 1. The molecule has 1 aliphatic rings. The number of hydrogen-bond acceptors (Lipinski definition) is 0. The number of hydrogen-bond donors (Lipinski definition) is 0. The third kappa shape index (κ3) is 2.82. The van der Waals surface area contributed by atoms with Crippen molar-refractivity contribution in [2.45, 2.75) is 57.0 Å². The normalized spacial score (nSPS) is 36.8. The monoisotopic (exact) mass is 160 g/mol. The fourth-order valence-corrected chi connectivity index (χ4v) is 2.57. The summed E-state index contributed by atoms with van der Waals surface area (Å²) in [6, 6.07) is 0. The second-order valence-corrected chi connectivity index (χ2v) is 4.67. The van der Waals surface area contributed by atoms with Gasteiger partial charge in [0, 0.05) is 0 Å². The summed E-state index contributed by atoms with van der Waals surface area (Å²) in [5.74, 6) is 2.04. The van der Waals surface area contributed by atoms with Gasteiger partial charge in [-0.1, -0.05) is 0 Å². The summed E-state index contributed by atoms with van der Waals surface area (Å²) in [7, 11) is 0. The van der Waals surface area contributed by atoms with Crippen LogP contribution in [0.25, 0.3) is 0 Å². The minimum atomic E-state index is 0.987. The molecule has 1 saturated carbocycles. The molecule has 66 valence electrons. The molecule has 0 aromatic carbocycles. The van der Waals surface area contributed by atoms with Crippen LogP contribution in [-0.2, 0) is 0 Å². The van der Waals surface area contributed by atoms with Crippen LogP contribution in [0.3, 0.4) is 0 Å². The summed E-state index contributed by atoms with van der Waals surface area (Å²) in [6.07, 6.45) is 8.77. The topological polar surface area (TPSA) is 0 Å². The SMILES string of the molecule is [Li][CH]1C(C)CCCC1CCCC. The molecule has 1 rings (SSSR count). The van der Waals surface area contributed by atoms with Crippen LogP contribution in [-0.4, -0.2) is 17.7 Å². The van der Waals surface area contributed by atoms with Gasteiger partial charge in [-0.05, 0) is 0 Å². The molecule has 0 N–H and O–H groups in total. The van der Waals surface area contributed by atoms with E-state index in [1.54, 1.807) is 0 Å². The van der Waals surface area contributed by atoms with Gasteiger partial charge in [0.2, 0.25) is 0 Å². The van der Waals surface area contributed by atoms with Gasteiger partial charge < -0.3 is 0 Å². The van der Waals surface area contributed by atoms with Gasteiger partial charge in [0.25, 0.3) is 0 Å². The van der Waals surface area contributed by atoms with E-state index in [2.05, 4.69) is 31.6 Å². The molecule has 0 saturated heterocycles. The second kappa shape index (κ2) is 5.35. The molecule has 1 fully saturated rings. The van der Waals surface area contributed by atoms with Gasteiger partial charge in [0.1, 0.15) is 0 Å². The third-order valence-electron chi connectivity index (χ3n) is 3.80. The fourth-order valence-electron chi connectivity index (χ4n) is 2.57. The van der Waals surface area contributed by atoms with Gasteiger partial charge in [-0.25, -0.2) is 0 Å². The Hall–Kier alpha value is 0.597. The van der Waals surface area contributed by atoms with Gasteiger partial charge in [-0.3, -0.25) is 0 Å². The molecule has 0 radical (unpaired) electrons. The van der Waals surface area contributed by atoms with Gasteiger partial charge in [0.15, 0.2) is 0 Å². The molecule has 0 aromatic heterocycles. The predicted octanol–water partition coefficient (Wildman–Crippen LogP) is 3.57. The standard InChI is InChI=1S/C11H21.Li/c1-3-4-7-11-8-5-6-10(2)9-11;/h9-11H,3-8H2,1-2H3;. The van der Waals surface area contributed by atoms with E-state index in [1.165, 1.54) is 38.5 Å². The summed E-state index contributed by atoms with van der Waals surface area (Å²) in [5, 5.41) is 0. The Bertz CT molecular complexity index is 122. The quantitative estimate of drug-likeness (QED) is 0.554. The fraction of sp³-hybridized carbons (Fsp3) is 1.00. The van der Waals surface area contributed by atoms with Crippen LogP contribution in [0.1, 0.15) is 52.4 Å². The van der Waals surface area contributed by atoms with Crippen molar-refractivity contribution >= 4 is 17.7 Å². The molecule has 1 aliphatic carbocycles. The molecule has 0 aliphatic heterocycles. The molecule has 0 spiro atoms. The molecule has 0 nitrogen and oxygen atoms in total. The average Bonchev–Trinajstić information content (AvgIpc) is 2.08. The Labute approximate surface area is 86.7 Å². The van der Waals surface area contributed by atoms with Crippen molar-refractivity contribution in [2.75, 3.05) is 0 Å². The molecule has 1 heteroatoms. The second-order valence-electron chi connectivity index (χ2n) is 4.67. The van der Waals surface area contributed by atoms with Crippen molar-refractivity contribution in [3.8, 4) is 0 Å². The van der Waals surface area contributed by atoms with Crippen molar-refractivity contribution < 1.29 is 0 Å². The van der Waals surface area contributed by atoms with E-state index >= 15 is 0 Å². The summed E-state index contributed by atoms with van der Waals surface area (Å²) in [4.78, 5) is 0. The molecular formula is C11H21Li. The summed E-state index contributed by atoms with van der Waals surface area (Å²) in [5.41, 5.74) is 0. The first-order chi connectivity index (χ1) is 5.75. The van der Waals surface area contributed by atoms with Crippen molar-refractivity contribution in [3.05, 3.63) is 0 Å². The molecule has 0 aromatic rings. The molecule has 12 heavy (non-hydrogen) atoms. The zero-order chi connectivity index (χ0) is 8.97. The first-order valence-corrected chi connectivity index (χ1v) is 5.75. The zero-order valence-electron chi connectivity index (χ0n) is 8.97.